The van der Waals surface area contributed by atoms with Crippen LogP contribution >= 0.6 is 0 Å². The second-order valence-electron chi connectivity index (χ2n) is 6.02. The Morgan fingerprint density at radius 3 is 1.95 bits per heavy atom. The SMILES string of the molecule is COC(=O)C(NC1c2ccccc2-c2ccccc21)C(C)C. The molecular weight excluding hydrogens is 274 g/mol. The van der Waals surface area contributed by atoms with Crippen molar-refractivity contribution in [2.45, 2.75) is 25.9 Å². The molecule has 0 amide bonds. The summed E-state index contributed by atoms with van der Waals surface area (Å²) in [5.41, 5.74) is 4.92. The van der Waals surface area contributed by atoms with Crippen LogP contribution < -0.4 is 5.32 Å². The van der Waals surface area contributed by atoms with Crippen LogP contribution in [0.2, 0.25) is 0 Å². The zero-order valence-electron chi connectivity index (χ0n) is 13.2. The number of carbonyl (C=O) groups excluding carboxylic acids is 1. The highest BCUT2D eigenvalue weighted by Gasteiger charge is 2.33. The summed E-state index contributed by atoms with van der Waals surface area (Å²) in [6.07, 6.45) is 0. The molecular formula is C19H21NO2. The molecule has 0 saturated carbocycles. The number of fused-ring (bicyclic) bond motifs is 3. The summed E-state index contributed by atoms with van der Waals surface area (Å²) in [7, 11) is 1.44. The molecule has 0 fully saturated rings. The lowest BCUT2D eigenvalue weighted by molar-refractivity contribution is -0.144. The molecule has 0 spiro atoms. The van der Waals surface area contributed by atoms with Crippen molar-refractivity contribution in [1.82, 2.24) is 5.32 Å². The van der Waals surface area contributed by atoms with E-state index in [0.717, 1.165) is 0 Å². The van der Waals surface area contributed by atoms with E-state index in [1.807, 2.05) is 26.0 Å². The van der Waals surface area contributed by atoms with Crippen LogP contribution in [-0.2, 0) is 9.53 Å². The van der Waals surface area contributed by atoms with Crippen LogP contribution in [0.4, 0.5) is 0 Å². The Labute approximate surface area is 131 Å². The minimum atomic E-state index is -0.325. The van der Waals surface area contributed by atoms with E-state index < -0.39 is 0 Å². The van der Waals surface area contributed by atoms with Gasteiger partial charge in [0.15, 0.2) is 0 Å². The molecule has 2 aromatic rings. The molecule has 0 saturated heterocycles. The number of methoxy groups -OCH3 is 1. The topological polar surface area (TPSA) is 38.3 Å². The van der Waals surface area contributed by atoms with Gasteiger partial charge in [0.1, 0.15) is 6.04 Å². The molecule has 1 unspecified atom stereocenters. The first kappa shape index (κ1) is 14.8. The van der Waals surface area contributed by atoms with Crippen molar-refractivity contribution in [3.8, 4) is 11.1 Å². The second-order valence-corrected chi connectivity index (χ2v) is 6.02. The predicted octanol–water partition coefficient (Wildman–Crippen LogP) is 3.54. The molecule has 1 aliphatic carbocycles. The molecule has 3 heteroatoms. The largest absolute Gasteiger partial charge is 0.468 e. The number of nitrogens with one attached hydrogen (secondary N) is 1. The molecule has 1 aliphatic rings. The number of esters is 1. The van der Waals surface area contributed by atoms with Crippen molar-refractivity contribution in [3.05, 3.63) is 59.7 Å². The molecule has 114 valence electrons. The Hall–Kier alpha value is -2.13. The third-order valence-electron chi connectivity index (χ3n) is 4.30. The van der Waals surface area contributed by atoms with E-state index in [0.29, 0.717) is 0 Å². The lowest BCUT2D eigenvalue weighted by Gasteiger charge is -2.25. The van der Waals surface area contributed by atoms with Gasteiger partial charge in [-0.15, -0.1) is 0 Å². The number of hydrogen-bond acceptors (Lipinski definition) is 3. The third kappa shape index (κ3) is 2.42. The van der Waals surface area contributed by atoms with Crippen molar-refractivity contribution in [3.63, 3.8) is 0 Å². The Morgan fingerprint density at radius 2 is 1.50 bits per heavy atom. The van der Waals surface area contributed by atoms with Gasteiger partial charge in [0.2, 0.25) is 0 Å². The van der Waals surface area contributed by atoms with Crippen LogP contribution in [0, 0.1) is 5.92 Å². The highest BCUT2D eigenvalue weighted by molar-refractivity contribution is 5.80. The summed E-state index contributed by atoms with van der Waals surface area (Å²) in [5, 5.41) is 3.50. The molecule has 0 aromatic heterocycles. The smallest absolute Gasteiger partial charge is 0.323 e. The second kappa shape index (κ2) is 5.93. The van der Waals surface area contributed by atoms with Crippen LogP contribution in [0.1, 0.15) is 31.0 Å². The van der Waals surface area contributed by atoms with Gasteiger partial charge >= 0.3 is 5.97 Å². The van der Waals surface area contributed by atoms with Crippen molar-refractivity contribution >= 4 is 5.97 Å². The van der Waals surface area contributed by atoms with Crippen molar-refractivity contribution < 1.29 is 9.53 Å². The van der Waals surface area contributed by atoms with Crippen LogP contribution in [0.25, 0.3) is 11.1 Å². The number of benzene rings is 2. The average Bonchev–Trinajstić information content (AvgIpc) is 2.86. The van der Waals surface area contributed by atoms with Crippen LogP contribution in [0.15, 0.2) is 48.5 Å². The summed E-state index contributed by atoms with van der Waals surface area (Å²) in [6.45, 7) is 4.06. The lowest BCUT2D eigenvalue weighted by Crippen LogP contribution is -2.43. The van der Waals surface area contributed by atoms with Gasteiger partial charge in [0.25, 0.3) is 0 Å². The number of carbonyl (C=O) groups is 1. The molecule has 0 aliphatic heterocycles. The van der Waals surface area contributed by atoms with Crippen LogP contribution in [0.5, 0.6) is 0 Å². The quantitative estimate of drug-likeness (QED) is 0.877. The van der Waals surface area contributed by atoms with Gasteiger partial charge in [-0.3, -0.25) is 10.1 Å². The van der Waals surface area contributed by atoms with E-state index in [1.165, 1.54) is 29.4 Å². The van der Waals surface area contributed by atoms with Gasteiger partial charge in [-0.05, 0) is 28.2 Å². The maximum atomic E-state index is 12.1. The number of rotatable bonds is 4. The lowest BCUT2D eigenvalue weighted by atomic mass is 9.99. The zero-order valence-corrected chi connectivity index (χ0v) is 13.2. The summed E-state index contributed by atoms with van der Waals surface area (Å²) in [5.74, 6) is -0.0516. The maximum absolute atomic E-state index is 12.1. The third-order valence-corrected chi connectivity index (χ3v) is 4.30. The Balaban J connectivity index is 2.02. The Bertz CT molecular complexity index is 648. The summed E-state index contributed by atoms with van der Waals surface area (Å²) >= 11 is 0. The normalized spacial score (nSPS) is 14.5. The molecule has 2 aromatic carbocycles. The van der Waals surface area contributed by atoms with Crippen molar-refractivity contribution in [2.24, 2.45) is 5.92 Å². The first-order chi connectivity index (χ1) is 10.6. The summed E-state index contributed by atoms with van der Waals surface area (Å²) in [4.78, 5) is 12.1. The fraction of sp³-hybridized carbons (Fsp3) is 0.316. The predicted molar refractivity (Wildman–Crippen MR) is 87.5 cm³/mol. The Morgan fingerprint density at radius 1 is 1.00 bits per heavy atom. The molecule has 1 atom stereocenters. The van der Waals surface area contributed by atoms with Gasteiger partial charge in [0.05, 0.1) is 13.2 Å². The van der Waals surface area contributed by atoms with Gasteiger partial charge in [-0.2, -0.15) is 0 Å². The highest BCUT2D eigenvalue weighted by Crippen LogP contribution is 2.43. The van der Waals surface area contributed by atoms with Crippen LogP contribution in [-0.4, -0.2) is 19.1 Å². The molecule has 0 heterocycles. The molecule has 22 heavy (non-hydrogen) atoms. The van der Waals surface area contributed by atoms with E-state index in [4.69, 9.17) is 4.74 Å². The van der Waals surface area contributed by atoms with Crippen molar-refractivity contribution in [2.75, 3.05) is 7.11 Å². The summed E-state index contributed by atoms with van der Waals surface area (Å²) < 4.78 is 4.96. The van der Waals surface area contributed by atoms with E-state index >= 15 is 0 Å². The first-order valence-corrected chi connectivity index (χ1v) is 7.65. The molecule has 0 bridgehead atoms. The van der Waals surface area contributed by atoms with E-state index in [-0.39, 0.29) is 24.0 Å². The Kier molecular flexibility index (Phi) is 3.99. The highest BCUT2D eigenvalue weighted by atomic mass is 16.5. The van der Waals surface area contributed by atoms with Gasteiger partial charge in [0, 0.05) is 0 Å². The van der Waals surface area contributed by atoms with E-state index in [9.17, 15) is 4.79 Å². The maximum Gasteiger partial charge on any atom is 0.323 e. The minimum absolute atomic E-state index is 0.0268. The van der Waals surface area contributed by atoms with Gasteiger partial charge in [-0.25, -0.2) is 0 Å². The van der Waals surface area contributed by atoms with Crippen LogP contribution in [0.3, 0.4) is 0 Å². The average molecular weight is 295 g/mol. The van der Waals surface area contributed by atoms with E-state index in [1.54, 1.807) is 0 Å². The fourth-order valence-electron chi connectivity index (χ4n) is 3.17. The summed E-state index contributed by atoms with van der Waals surface area (Å²) in [6, 6.07) is 16.4. The molecule has 3 nitrogen and oxygen atoms in total. The minimum Gasteiger partial charge on any atom is -0.468 e. The molecule has 0 radical (unpaired) electrons. The standard InChI is InChI=1S/C19H21NO2/c1-12(2)17(19(21)22-3)20-18-15-10-6-4-8-13(15)14-9-5-7-11-16(14)18/h4-12,17-18,20H,1-3H3. The number of hydrogen-bond donors (Lipinski definition) is 1. The molecule has 1 N–H and O–H groups in total. The fourth-order valence-corrected chi connectivity index (χ4v) is 3.17. The molecule has 3 rings (SSSR count). The van der Waals surface area contributed by atoms with Gasteiger partial charge in [-0.1, -0.05) is 62.4 Å². The van der Waals surface area contributed by atoms with Gasteiger partial charge < -0.3 is 4.74 Å². The van der Waals surface area contributed by atoms with Crippen molar-refractivity contribution in [1.29, 1.82) is 0 Å². The first-order valence-electron chi connectivity index (χ1n) is 7.65. The van der Waals surface area contributed by atoms with E-state index in [2.05, 4.69) is 41.7 Å². The number of ether oxygens (including phenoxy) is 1. The monoisotopic (exact) mass is 295 g/mol. The zero-order chi connectivity index (χ0) is 15.7.